The molecule has 3 unspecified atom stereocenters. The van der Waals surface area contributed by atoms with Crippen LogP contribution in [0.3, 0.4) is 0 Å². The van der Waals surface area contributed by atoms with Gasteiger partial charge < -0.3 is 5.11 Å². The van der Waals surface area contributed by atoms with E-state index < -0.39 is 11.4 Å². The van der Waals surface area contributed by atoms with Crippen molar-refractivity contribution in [3.8, 4) is 0 Å². The van der Waals surface area contributed by atoms with Gasteiger partial charge in [-0.25, -0.2) is 0 Å². The summed E-state index contributed by atoms with van der Waals surface area (Å²) in [7, 11) is 0. The minimum atomic E-state index is -0.588. The largest absolute Gasteiger partial charge is 0.481 e. The van der Waals surface area contributed by atoms with Crippen LogP contribution in [-0.4, -0.2) is 35.1 Å². The van der Waals surface area contributed by atoms with E-state index in [0.717, 1.165) is 25.4 Å². The SMILES string of the molecule is CCC1CCCC(N2CCC(C(=O)O)(C(C)C)C2)CC1. The molecule has 1 heterocycles. The predicted octanol–water partition coefficient (Wildman–Crippen LogP) is 3.78. The van der Waals surface area contributed by atoms with Crippen molar-refractivity contribution in [2.45, 2.75) is 71.8 Å². The molecule has 0 radical (unpaired) electrons. The van der Waals surface area contributed by atoms with Gasteiger partial charge in [0.1, 0.15) is 0 Å². The summed E-state index contributed by atoms with van der Waals surface area (Å²) >= 11 is 0. The molecule has 1 saturated carbocycles. The van der Waals surface area contributed by atoms with E-state index >= 15 is 0 Å². The average molecular weight is 281 g/mol. The molecule has 3 nitrogen and oxygen atoms in total. The van der Waals surface area contributed by atoms with E-state index in [9.17, 15) is 9.90 Å². The molecule has 0 amide bonds. The number of hydrogen-bond donors (Lipinski definition) is 1. The molecule has 20 heavy (non-hydrogen) atoms. The fraction of sp³-hybridized carbons (Fsp3) is 0.941. The average Bonchev–Trinajstić information content (AvgIpc) is 2.73. The van der Waals surface area contributed by atoms with Gasteiger partial charge >= 0.3 is 5.97 Å². The van der Waals surface area contributed by atoms with Crippen LogP contribution in [0.5, 0.6) is 0 Å². The number of likely N-dealkylation sites (tertiary alicyclic amines) is 1. The van der Waals surface area contributed by atoms with Crippen LogP contribution in [0, 0.1) is 17.3 Å². The third kappa shape index (κ3) is 3.03. The van der Waals surface area contributed by atoms with Gasteiger partial charge in [-0.2, -0.15) is 0 Å². The molecule has 1 saturated heterocycles. The molecule has 1 aliphatic carbocycles. The number of aliphatic carboxylic acids is 1. The maximum absolute atomic E-state index is 11.7. The van der Waals surface area contributed by atoms with Gasteiger partial charge in [0.05, 0.1) is 5.41 Å². The van der Waals surface area contributed by atoms with Crippen LogP contribution < -0.4 is 0 Å². The van der Waals surface area contributed by atoms with E-state index in [1.807, 2.05) is 0 Å². The molecule has 0 bridgehead atoms. The van der Waals surface area contributed by atoms with Crippen molar-refractivity contribution < 1.29 is 9.90 Å². The zero-order chi connectivity index (χ0) is 14.8. The first-order valence-electron chi connectivity index (χ1n) is 8.47. The maximum Gasteiger partial charge on any atom is 0.311 e. The number of rotatable bonds is 4. The Morgan fingerprint density at radius 3 is 2.60 bits per heavy atom. The van der Waals surface area contributed by atoms with Gasteiger partial charge in [0.2, 0.25) is 0 Å². The third-order valence-electron chi connectivity index (χ3n) is 6.01. The Morgan fingerprint density at radius 1 is 1.30 bits per heavy atom. The summed E-state index contributed by atoms with van der Waals surface area (Å²) in [5.74, 6) is 0.533. The molecule has 2 fully saturated rings. The Hall–Kier alpha value is -0.570. The number of hydrogen-bond acceptors (Lipinski definition) is 2. The highest BCUT2D eigenvalue weighted by atomic mass is 16.4. The zero-order valence-corrected chi connectivity index (χ0v) is 13.4. The minimum absolute atomic E-state index is 0.221. The van der Waals surface area contributed by atoms with E-state index in [2.05, 4.69) is 25.7 Å². The van der Waals surface area contributed by atoms with Crippen molar-refractivity contribution in [1.29, 1.82) is 0 Å². The Balaban J connectivity index is 2.00. The molecule has 2 rings (SSSR count). The molecule has 0 aromatic rings. The van der Waals surface area contributed by atoms with Crippen LogP contribution in [0.2, 0.25) is 0 Å². The van der Waals surface area contributed by atoms with Crippen molar-refractivity contribution in [3.05, 3.63) is 0 Å². The summed E-state index contributed by atoms with van der Waals surface area (Å²) in [6, 6.07) is 0.631. The third-order valence-corrected chi connectivity index (χ3v) is 6.01. The van der Waals surface area contributed by atoms with Crippen molar-refractivity contribution >= 4 is 5.97 Å². The second-order valence-corrected chi connectivity index (χ2v) is 7.27. The first-order valence-corrected chi connectivity index (χ1v) is 8.47. The lowest BCUT2D eigenvalue weighted by atomic mass is 9.76. The monoisotopic (exact) mass is 281 g/mol. The lowest BCUT2D eigenvalue weighted by molar-refractivity contribution is -0.151. The molecular formula is C17H31NO2. The first-order chi connectivity index (χ1) is 9.49. The van der Waals surface area contributed by atoms with E-state index in [1.54, 1.807) is 0 Å². The van der Waals surface area contributed by atoms with Crippen molar-refractivity contribution in [2.75, 3.05) is 13.1 Å². The Labute approximate surface area is 123 Å². The van der Waals surface area contributed by atoms with Gasteiger partial charge in [0.25, 0.3) is 0 Å². The van der Waals surface area contributed by atoms with Gasteiger partial charge in [-0.15, -0.1) is 0 Å². The molecule has 3 heteroatoms. The minimum Gasteiger partial charge on any atom is -0.481 e. The van der Waals surface area contributed by atoms with Gasteiger partial charge in [-0.05, 0) is 44.1 Å². The van der Waals surface area contributed by atoms with Crippen LogP contribution in [-0.2, 0) is 4.79 Å². The van der Waals surface area contributed by atoms with Crippen LogP contribution in [0.1, 0.15) is 65.7 Å². The highest BCUT2D eigenvalue weighted by Crippen LogP contribution is 2.41. The van der Waals surface area contributed by atoms with Crippen LogP contribution >= 0.6 is 0 Å². The van der Waals surface area contributed by atoms with Gasteiger partial charge in [0, 0.05) is 12.6 Å². The van der Waals surface area contributed by atoms with Crippen LogP contribution in [0.15, 0.2) is 0 Å². The Kier molecular flexibility index (Phi) is 5.11. The smallest absolute Gasteiger partial charge is 0.311 e. The second kappa shape index (κ2) is 6.46. The summed E-state index contributed by atoms with van der Waals surface area (Å²) in [5, 5.41) is 9.66. The molecule has 1 aliphatic heterocycles. The van der Waals surface area contributed by atoms with E-state index in [1.165, 1.54) is 38.5 Å². The highest BCUT2D eigenvalue weighted by Gasteiger charge is 2.48. The highest BCUT2D eigenvalue weighted by molar-refractivity contribution is 5.75. The molecular weight excluding hydrogens is 250 g/mol. The maximum atomic E-state index is 11.7. The fourth-order valence-electron chi connectivity index (χ4n) is 4.20. The van der Waals surface area contributed by atoms with Gasteiger partial charge in [-0.1, -0.05) is 40.0 Å². The lowest BCUT2D eigenvalue weighted by Gasteiger charge is -2.32. The fourth-order valence-corrected chi connectivity index (χ4v) is 4.20. The molecule has 1 N–H and O–H groups in total. The van der Waals surface area contributed by atoms with Crippen molar-refractivity contribution in [3.63, 3.8) is 0 Å². The summed E-state index contributed by atoms with van der Waals surface area (Å²) in [5.41, 5.74) is -0.504. The first kappa shape index (κ1) is 15.8. The van der Waals surface area contributed by atoms with E-state index in [0.29, 0.717) is 6.04 Å². The molecule has 0 aromatic carbocycles. The Morgan fingerprint density at radius 2 is 2.05 bits per heavy atom. The number of carboxylic acid groups (broad SMARTS) is 1. The van der Waals surface area contributed by atoms with Crippen molar-refractivity contribution in [1.82, 2.24) is 4.90 Å². The number of carbonyl (C=O) groups is 1. The van der Waals surface area contributed by atoms with Gasteiger partial charge in [0.15, 0.2) is 0 Å². The van der Waals surface area contributed by atoms with Crippen LogP contribution in [0.25, 0.3) is 0 Å². The van der Waals surface area contributed by atoms with Crippen LogP contribution in [0.4, 0.5) is 0 Å². The topological polar surface area (TPSA) is 40.5 Å². The molecule has 0 aromatic heterocycles. The lowest BCUT2D eigenvalue weighted by Crippen LogP contribution is -2.41. The molecule has 116 valence electrons. The standard InChI is InChI=1S/C17H31NO2/c1-4-14-6-5-7-15(9-8-14)18-11-10-17(12-18,13(2)3)16(19)20/h13-15H,4-12H2,1-3H3,(H,19,20). The second-order valence-electron chi connectivity index (χ2n) is 7.27. The summed E-state index contributed by atoms with van der Waals surface area (Å²) in [6.45, 7) is 8.18. The zero-order valence-electron chi connectivity index (χ0n) is 13.4. The molecule has 0 spiro atoms. The molecule has 2 aliphatic rings. The quantitative estimate of drug-likeness (QED) is 0.797. The van der Waals surface area contributed by atoms with Crippen molar-refractivity contribution in [2.24, 2.45) is 17.3 Å². The predicted molar refractivity (Wildman–Crippen MR) is 81.8 cm³/mol. The molecule has 3 atom stereocenters. The summed E-state index contributed by atoms with van der Waals surface area (Å²) < 4.78 is 0. The normalized spacial score (nSPS) is 36.2. The Bertz CT molecular complexity index is 342. The summed E-state index contributed by atoms with van der Waals surface area (Å²) in [4.78, 5) is 14.2. The van der Waals surface area contributed by atoms with Gasteiger partial charge in [-0.3, -0.25) is 9.69 Å². The summed E-state index contributed by atoms with van der Waals surface area (Å²) in [6.07, 6.45) is 8.69. The number of carboxylic acids is 1. The number of nitrogens with zero attached hydrogens (tertiary/aromatic N) is 1. The van der Waals surface area contributed by atoms with E-state index in [4.69, 9.17) is 0 Å². The van der Waals surface area contributed by atoms with E-state index in [-0.39, 0.29) is 5.92 Å².